The van der Waals surface area contributed by atoms with Crippen molar-refractivity contribution in [3.8, 4) is 11.5 Å². The first-order valence-corrected chi connectivity index (χ1v) is 13.1. The van der Waals surface area contributed by atoms with E-state index in [-0.39, 0.29) is 18.1 Å². The lowest BCUT2D eigenvalue weighted by atomic mass is 10.0. The van der Waals surface area contributed by atoms with Gasteiger partial charge in [0.15, 0.2) is 11.5 Å². The average Bonchev–Trinajstić information content (AvgIpc) is 3.12. The summed E-state index contributed by atoms with van der Waals surface area (Å²) in [5.74, 6) is 0.853. The number of halogens is 1. The van der Waals surface area contributed by atoms with E-state index in [1.807, 2.05) is 74.5 Å². The van der Waals surface area contributed by atoms with E-state index in [0.717, 1.165) is 31.4 Å². The minimum absolute atomic E-state index is 0.209. The van der Waals surface area contributed by atoms with Gasteiger partial charge in [-0.25, -0.2) is 4.79 Å². The molecule has 1 saturated heterocycles. The lowest BCUT2D eigenvalue weighted by molar-refractivity contribution is -0.123. The minimum Gasteiger partial charge on any atom is -0.490 e. The number of aryl methyl sites for hydroxylation is 1. The maximum Gasteiger partial charge on any atom is 0.329 e. The predicted octanol–water partition coefficient (Wildman–Crippen LogP) is 6.40. The number of amides is 3. The van der Waals surface area contributed by atoms with Crippen LogP contribution in [0.25, 0.3) is 6.08 Å². The van der Waals surface area contributed by atoms with Crippen molar-refractivity contribution in [1.29, 1.82) is 0 Å². The molecule has 0 atom stereocenters. The van der Waals surface area contributed by atoms with Crippen molar-refractivity contribution in [2.45, 2.75) is 33.4 Å². The van der Waals surface area contributed by atoms with Crippen molar-refractivity contribution in [2.24, 2.45) is 0 Å². The zero-order valence-electron chi connectivity index (χ0n) is 20.9. The Morgan fingerprint density at radius 2 is 1.81 bits per heavy atom. The van der Waals surface area contributed by atoms with E-state index in [1.165, 1.54) is 4.90 Å². The van der Waals surface area contributed by atoms with Gasteiger partial charge in [0.2, 0.25) is 0 Å². The average molecular weight is 608 g/mol. The second-order valence-electron chi connectivity index (χ2n) is 8.72. The minimum atomic E-state index is -0.438. The summed E-state index contributed by atoms with van der Waals surface area (Å²) in [5.41, 5.74) is 4.84. The van der Waals surface area contributed by atoms with Gasteiger partial charge in [-0.15, -0.1) is 6.58 Å². The first-order chi connectivity index (χ1) is 17.9. The van der Waals surface area contributed by atoms with Gasteiger partial charge in [-0.3, -0.25) is 9.69 Å². The van der Waals surface area contributed by atoms with Gasteiger partial charge in [0.25, 0.3) is 5.91 Å². The number of nitrogens with zero attached hydrogens (tertiary/aromatic N) is 1. The summed E-state index contributed by atoms with van der Waals surface area (Å²) in [5, 5.41) is 2.71. The maximum atomic E-state index is 13.1. The van der Waals surface area contributed by atoms with Gasteiger partial charge in [-0.05, 0) is 89.9 Å². The van der Waals surface area contributed by atoms with Crippen LogP contribution < -0.4 is 14.8 Å². The van der Waals surface area contributed by atoms with Crippen LogP contribution in [0.4, 0.5) is 4.79 Å². The lowest BCUT2D eigenvalue weighted by Crippen LogP contribution is -2.30. The van der Waals surface area contributed by atoms with Crippen molar-refractivity contribution in [1.82, 2.24) is 10.2 Å². The SMILES string of the molecule is C=CCc1cc(/C=C2/NC(=O)N(Cc3cccc(C)c3)C2=O)cc(OCC)c1OCc1ccc(I)cc1. The summed E-state index contributed by atoms with van der Waals surface area (Å²) in [6.45, 7) is 8.82. The smallest absolute Gasteiger partial charge is 0.329 e. The number of carbonyl (C=O) groups excluding carboxylic acids is 2. The predicted molar refractivity (Wildman–Crippen MR) is 153 cm³/mol. The number of carbonyl (C=O) groups is 2. The normalized spacial score (nSPS) is 14.1. The molecule has 0 bridgehead atoms. The fourth-order valence-electron chi connectivity index (χ4n) is 4.11. The van der Waals surface area contributed by atoms with Crippen LogP contribution >= 0.6 is 22.6 Å². The molecule has 0 radical (unpaired) electrons. The molecule has 3 amide bonds. The molecule has 0 saturated carbocycles. The van der Waals surface area contributed by atoms with E-state index in [4.69, 9.17) is 9.47 Å². The molecule has 0 spiro atoms. The topological polar surface area (TPSA) is 67.9 Å². The lowest BCUT2D eigenvalue weighted by Gasteiger charge is -2.17. The third kappa shape index (κ3) is 6.60. The fraction of sp³-hybridized carbons (Fsp3) is 0.200. The fourth-order valence-corrected chi connectivity index (χ4v) is 4.47. The van der Waals surface area contributed by atoms with Gasteiger partial charge in [-0.2, -0.15) is 0 Å². The van der Waals surface area contributed by atoms with E-state index in [1.54, 1.807) is 12.2 Å². The summed E-state index contributed by atoms with van der Waals surface area (Å²) in [6.07, 6.45) is 4.03. The molecule has 3 aromatic rings. The Balaban J connectivity index is 1.61. The molecule has 190 valence electrons. The van der Waals surface area contributed by atoms with Crippen molar-refractivity contribution in [2.75, 3.05) is 6.61 Å². The van der Waals surface area contributed by atoms with Crippen LogP contribution in [-0.4, -0.2) is 23.4 Å². The van der Waals surface area contributed by atoms with Crippen molar-refractivity contribution >= 4 is 40.6 Å². The first-order valence-electron chi connectivity index (χ1n) is 12.1. The molecule has 37 heavy (non-hydrogen) atoms. The van der Waals surface area contributed by atoms with E-state index in [9.17, 15) is 9.59 Å². The van der Waals surface area contributed by atoms with E-state index >= 15 is 0 Å². The number of urea groups is 1. The molecular formula is C30H29IN2O4. The quantitative estimate of drug-likeness (QED) is 0.125. The van der Waals surface area contributed by atoms with Crippen LogP contribution in [0, 0.1) is 10.5 Å². The zero-order valence-corrected chi connectivity index (χ0v) is 23.1. The highest BCUT2D eigenvalue weighted by Crippen LogP contribution is 2.35. The molecule has 7 heteroatoms. The number of ether oxygens (including phenoxy) is 2. The molecule has 4 rings (SSSR count). The largest absolute Gasteiger partial charge is 0.490 e. The Morgan fingerprint density at radius 1 is 1.03 bits per heavy atom. The Bertz CT molecular complexity index is 1350. The highest BCUT2D eigenvalue weighted by atomic mass is 127. The van der Waals surface area contributed by atoms with E-state index in [2.05, 4.69) is 34.5 Å². The second-order valence-corrected chi connectivity index (χ2v) is 9.96. The summed E-state index contributed by atoms with van der Waals surface area (Å²) >= 11 is 2.27. The Hall–Kier alpha value is -3.59. The number of benzene rings is 3. The summed E-state index contributed by atoms with van der Waals surface area (Å²) < 4.78 is 13.3. The Labute approximate surface area is 231 Å². The summed E-state index contributed by atoms with van der Waals surface area (Å²) in [7, 11) is 0. The highest BCUT2D eigenvalue weighted by molar-refractivity contribution is 14.1. The second kappa shape index (κ2) is 12.1. The van der Waals surface area contributed by atoms with Crippen LogP contribution in [0.1, 0.15) is 34.7 Å². The standard InChI is InChI=1S/C30H29IN2O4/c1-4-7-24-15-23(17-27(36-5-2)28(24)37-19-21-10-12-25(31)13-11-21)16-26-29(34)33(30(35)32-26)18-22-9-6-8-20(3)14-22/h4,6,8-17H,1,5,7,18-19H2,2-3H3,(H,32,35)/b26-16+. The maximum absolute atomic E-state index is 13.1. The van der Waals surface area contributed by atoms with Crippen LogP contribution in [0.15, 0.2) is 79.0 Å². The van der Waals surface area contributed by atoms with Crippen molar-refractivity contribution in [3.05, 3.63) is 110 Å². The van der Waals surface area contributed by atoms with Gasteiger partial charge in [0, 0.05) is 9.13 Å². The highest BCUT2D eigenvalue weighted by Gasteiger charge is 2.33. The van der Waals surface area contributed by atoms with Crippen LogP contribution in [0.3, 0.4) is 0 Å². The van der Waals surface area contributed by atoms with Crippen LogP contribution in [-0.2, 0) is 24.4 Å². The molecule has 3 aromatic carbocycles. The molecular weight excluding hydrogens is 579 g/mol. The van der Waals surface area contributed by atoms with Gasteiger partial charge < -0.3 is 14.8 Å². The molecule has 0 aromatic heterocycles. The third-order valence-corrected chi connectivity index (χ3v) is 6.53. The van der Waals surface area contributed by atoms with E-state index < -0.39 is 6.03 Å². The number of hydrogen-bond donors (Lipinski definition) is 1. The summed E-state index contributed by atoms with van der Waals surface area (Å²) in [6, 6.07) is 19.2. The first kappa shape index (κ1) is 26.5. The molecule has 1 heterocycles. The number of imide groups is 1. The van der Waals surface area contributed by atoms with Gasteiger partial charge >= 0.3 is 6.03 Å². The Morgan fingerprint density at radius 3 is 2.51 bits per heavy atom. The van der Waals surface area contributed by atoms with Gasteiger partial charge in [-0.1, -0.05) is 48.0 Å². The van der Waals surface area contributed by atoms with Gasteiger partial charge in [0.1, 0.15) is 12.3 Å². The monoisotopic (exact) mass is 608 g/mol. The zero-order chi connectivity index (χ0) is 26.4. The molecule has 0 aliphatic carbocycles. The Kier molecular flexibility index (Phi) is 8.66. The van der Waals surface area contributed by atoms with Crippen molar-refractivity contribution < 1.29 is 19.1 Å². The van der Waals surface area contributed by atoms with Crippen LogP contribution in [0.5, 0.6) is 11.5 Å². The van der Waals surface area contributed by atoms with E-state index in [0.29, 0.717) is 31.1 Å². The molecule has 1 fully saturated rings. The molecule has 1 N–H and O–H groups in total. The number of allylic oxidation sites excluding steroid dienone is 1. The molecule has 1 aliphatic heterocycles. The molecule has 1 aliphatic rings. The summed E-state index contributed by atoms with van der Waals surface area (Å²) in [4.78, 5) is 26.9. The number of rotatable bonds is 10. The van der Waals surface area contributed by atoms with Crippen LogP contribution in [0.2, 0.25) is 0 Å². The molecule has 6 nitrogen and oxygen atoms in total. The van der Waals surface area contributed by atoms with Crippen molar-refractivity contribution in [3.63, 3.8) is 0 Å². The van der Waals surface area contributed by atoms with Gasteiger partial charge in [0.05, 0.1) is 13.2 Å². The number of nitrogens with one attached hydrogen (secondary N) is 1. The molecule has 0 unspecified atom stereocenters. The number of hydrogen-bond acceptors (Lipinski definition) is 4. The third-order valence-electron chi connectivity index (χ3n) is 5.81.